The van der Waals surface area contributed by atoms with Gasteiger partial charge in [0, 0.05) is 6.42 Å². The third-order valence-corrected chi connectivity index (χ3v) is 2.80. The molecule has 0 heterocycles. The molecule has 0 aliphatic carbocycles. The summed E-state index contributed by atoms with van der Waals surface area (Å²) >= 11 is 4.92. The molecule has 0 saturated heterocycles. The van der Waals surface area contributed by atoms with Crippen molar-refractivity contribution in [2.45, 2.75) is 64.8 Å². The molecule has 0 aliphatic heterocycles. The first-order valence-corrected chi connectivity index (χ1v) is 6.61. The molecule has 0 aromatic rings. The van der Waals surface area contributed by atoms with E-state index in [1.54, 1.807) is 0 Å². The van der Waals surface area contributed by atoms with Crippen LogP contribution >= 0.6 is 12.2 Å². The molecule has 1 amide bonds. The monoisotopic (exact) mass is 244 g/mol. The molecule has 0 aromatic carbocycles. The number of hydrogen-bond donors (Lipinski definition) is 2. The third kappa shape index (κ3) is 7.63. The molecular formula is C12H24N2OS. The lowest BCUT2D eigenvalue weighted by Gasteiger charge is -2.16. The Morgan fingerprint density at radius 2 is 1.94 bits per heavy atom. The molecule has 0 saturated carbocycles. The van der Waals surface area contributed by atoms with E-state index in [-0.39, 0.29) is 11.9 Å². The van der Waals surface area contributed by atoms with Crippen LogP contribution in [-0.4, -0.2) is 16.9 Å². The number of nitrogens with two attached hydrogens (primary N) is 1. The van der Waals surface area contributed by atoms with Crippen molar-refractivity contribution in [3.05, 3.63) is 0 Å². The first-order valence-electron chi connectivity index (χ1n) is 6.20. The highest BCUT2D eigenvalue weighted by molar-refractivity contribution is 7.80. The number of rotatable bonds is 9. The number of carbonyl (C=O) groups is 1. The minimum Gasteiger partial charge on any atom is -0.392 e. The highest BCUT2D eigenvalue weighted by Gasteiger charge is 2.13. The van der Waals surface area contributed by atoms with E-state index in [9.17, 15) is 4.79 Å². The quantitative estimate of drug-likeness (QED) is 0.484. The highest BCUT2D eigenvalue weighted by atomic mass is 32.1. The Kier molecular flexibility index (Phi) is 9.19. The predicted octanol–water partition coefficient (Wildman–Crippen LogP) is 2.53. The van der Waals surface area contributed by atoms with E-state index in [2.05, 4.69) is 19.2 Å². The van der Waals surface area contributed by atoms with Crippen molar-refractivity contribution in [3.8, 4) is 0 Å². The molecule has 94 valence electrons. The van der Waals surface area contributed by atoms with E-state index in [1.165, 1.54) is 12.8 Å². The van der Waals surface area contributed by atoms with Gasteiger partial charge in [0.1, 0.15) is 0 Å². The van der Waals surface area contributed by atoms with Crippen LogP contribution in [-0.2, 0) is 4.79 Å². The zero-order chi connectivity index (χ0) is 12.4. The molecule has 1 atom stereocenters. The minimum atomic E-state index is -0.126. The summed E-state index contributed by atoms with van der Waals surface area (Å²) in [5.41, 5.74) is 5.56. The normalized spacial score (nSPS) is 12.1. The summed E-state index contributed by atoms with van der Waals surface area (Å²) in [6, 6.07) is -0.126. The van der Waals surface area contributed by atoms with E-state index in [0.29, 0.717) is 11.4 Å². The van der Waals surface area contributed by atoms with E-state index in [4.69, 9.17) is 18.0 Å². The summed E-state index contributed by atoms with van der Waals surface area (Å²) in [5.74, 6) is 0.0716. The number of thiocarbonyl (C=S) groups is 1. The van der Waals surface area contributed by atoms with Crippen LogP contribution in [0, 0.1) is 0 Å². The van der Waals surface area contributed by atoms with Crippen molar-refractivity contribution in [1.29, 1.82) is 0 Å². The number of unbranched alkanes of at least 4 members (excludes halogenated alkanes) is 3. The van der Waals surface area contributed by atoms with Gasteiger partial charge in [-0.2, -0.15) is 0 Å². The fourth-order valence-corrected chi connectivity index (χ4v) is 1.73. The molecule has 16 heavy (non-hydrogen) atoms. The summed E-state index contributed by atoms with van der Waals surface area (Å²) in [6.07, 6.45) is 6.84. The molecule has 3 nitrogen and oxygen atoms in total. The summed E-state index contributed by atoms with van der Waals surface area (Å²) in [7, 11) is 0. The molecule has 3 N–H and O–H groups in total. The van der Waals surface area contributed by atoms with Gasteiger partial charge in [0.05, 0.1) is 11.0 Å². The maximum absolute atomic E-state index is 11.6. The highest BCUT2D eigenvalue weighted by Crippen LogP contribution is 2.03. The van der Waals surface area contributed by atoms with Crippen LogP contribution in [0.5, 0.6) is 0 Å². The van der Waals surface area contributed by atoms with E-state index in [0.717, 1.165) is 25.7 Å². The van der Waals surface area contributed by atoms with Crippen molar-refractivity contribution in [2.24, 2.45) is 5.73 Å². The van der Waals surface area contributed by atoms with Crippen LogP contribution in [0.15, 0.2) is 0 Å². The lowest BCUT2D eigenvalue weighted by molar-refractivity contribution is -0.121. The second kappa shape index (κ2) is 9.58. The molecule has 0 radical (unpaired) electrons. The van der Waals surface area contributed by atoms with Crippen molar-refractivity contribution < 1.29 is 4.79 Å². The van der Waals surface area contributed by atoms with Gasteiger partial charge in [0.25, 0.3) is 0 Å². The fourth-order valence-electron chi connectivity index (χ4n) is 1.55. The van der Waals surface area contributed by atoms with E-state index < -0.39 is 0 Å². The van der Waals surface area contributed by atoms with Crippen molar-refractivity contribution >= 4 is 23.1 Å². The Hall–Kier alpha value is -0.640. The van der Waals surface area contributed by atoms with Crippen LogP contribution in [0.2, 0.25) is 0 Å². The molecular weight excluding hydrogens is 220 g/mol. The van der Waals surface area contributed by atoms with Crippen LogP contribution < -0.4 is 11.1 Å². The lowest BCUT2D eigenvalue weighted by atomic mass is 10.1. The molecule has 0 bridgehead atoms. The second-order valence-corrected chi connectivity index (χ2v) is 4.59. The number of amides is 1. The minimum absolute atomic E-state index is 0.0716. The molecule has 0 aliphatic rings. The van der Waals surface area contributed by atoms with E-state index >= 15 is 0 Å². The first-order chi connectivity index (χ1) is 7.61. The van der Waals surface area contributed by atoms with Crippen molar-refractivity contribution in [1.82, 2.24) is 5.32 Å². The van der Waals surface area contributed by atoms with Gasteiger partial charge in [0.15, 0.2) is 0 Å². The van der Waals surface area contributed by atoms with Crippen LogP contribution in [0.3, 0.4) is 0 Å². The van der Waals surface area contributed by atoms with Gasteiger partial charge in [-0.05, 0) is 12.8 Å². The Morgan fingerprint density at radius 1 is 1.25 bits per heavy atom. The summed E-state index contributed by atoms with van der Waals surface area (Å²) in [6.45, 7) is 4.21. The third-order valence-electron chi connectivity index (χ3n) is 2.51. The number of nitrogens with one attached hydrogen (secondary N) is 1. The predicted molar refractivity (Wildman–Crippen MR) is 72.4 cm³/mol. The van der Waals surface area contributed by atoms with Crippen LogP contribution in [0.4, 0.5) is 0 Å². The van der Waals surface area contributed by atoms with Gasteiger partial charge in [-0.3, -0.25) is 4.79 Å². The van der Waals surface area contributed by atoms with Crippen molar-refractivity contribution in [2.75, 3.05) is 0 Å². The van der Waals surface area contributed by atoms with Gasteiger partial charge in [-0.1, -0.05) is 51.7 Å². The number of carbonyl (C=O) groups excluding carboxylic acids is 1. The average molecular weight is 244 g/mol. The summed E-state index contributed by atoms with van der Waals surface area (Å²) in [4.78, 5) is 12.0. The van der Waals surface area contributed by atoms with Gasteiger partial charge in [-0.25, -0.2) is 0 Å². The summed E-state index contributed by atoms with van der Waals surface area (Å²) < 4.78 is 0. The Labute approximate surface area is 104 Å². The largest absolute Gasteiger partial charge is 0.392 e. The maximum Gasteiger partial charge on any atom is 0.220 e. The standard InChI is InChI=1S/C12H24N2OS/c1-3-5-6-7-9-11(15)14-10(8-4-2)12(13)16/h10H,3-9H2,1-2H3,(H2,13,16)(H,14,15). The molecule has 1 unspecified atom stereocenters. The molecule has 0 spiro atoms. The molecule has 4 heteroatoms. The lowest BCUT2D eigenvalue weighted by Crippen LogP contribution is -2.43. The topological polar surface area (TPSA) is 55.1 Å². The fraction of sp³-hybridized carbons (Fsp3) is 0.833. The SMILES string of the molecule is CCCCCCC(=O)NC(CCC)C(N)=S. The smallest absolute Gasteiger partial charge is 0.220 e. The van der Waals surface area contributed by atoms with Gasteiger partial charge in [-0.15, -0.1) is 0 Å². The average Bonchev–Trinajstić information content (AvgIpc) is 2.23. The number of hydrogen-bond acceptors (Lipinski definition) is 2. The van der Waals surface area contributed by atoms with E-state index in [1.807, 2.05) is 0 Å². The molecule has 0 fully saturated rings. The summed E-state index contributed by atoms with van der Waals surface area (Å²) in [5, 5.41) is 2.89. The van der Waals surface area contributed by atoms with Crippen LogP contribution in [0.25, 0.3) is 0 Å². The van der Waals surface area contributed by atoms with Gasteiger partial charge < -0.3 is 11.1 Å². The van der Waals surface area contributed by atoms with Gasteiger partial charge in [0.2, 0.25) is 5.91 Å². The second-order valence-electron chi connectivity index (χ2n) is 4.12. The Balaban J connectivity index is 3.77. The zero-order valence-corrected chi connectivity index (χ0v) is 11.2. The van der Waals surface area contributed by atoms with Gasteiger partial charge >= 0.3 is 0 Å². The first kappa shape index (κ1) is 15.4. The van der Waals surface area contributed by atoms with Crippen LogP contribution in [0.1, 0.15) is 58.8 Å². The molecule has 0 rings (SSSR count). The Morgan fingerprint density at radius 3 is 2.44 bits per heavy atom. The van der Waals surface area contributed by atoms with Crippen molar-refractivity contribution in [3.63, 3.8) is 0 Å². The molecule has 0 aromatic heterocycles. The Bertz CT molecular complexity index is 219. The maximum atomic E-state index is 11.6. The zero-order valence-electron chi connectivity index (χ0n) is 10.4.